The van der Waals surface area contributed by atoms with E-state index in [0.717, 1.165) is 18.2 Å². The molecule has 1 heterocycles. The van der Waals surface area contributed by atoms with E-state index in [-0.39, 0.29) is 22.3 Å². The van der Waals surface area contributed by atoms with Crippen molar-refractivity contribution >= 4 is 32.9 Å². The predicted octanol–water partition coefficient (Wildman–Crippen LogP) is 6.60. The highest BCUT2D eigenvalue weighted by Gasteiger charge is 2.39. The maximum atomic E-state index is 13.7. The van der Waals surface area contributed by atoms with E-state index in [0.29, 0.717) is 4.47 Å². The third-order valence-corrected chi connectivity index (χ3v) is 5.05. The van der Waals surface area contributed by atoms with Crippen molar-refractivity contribution in [1.29, 1.82) is 0 Å². The molecular formula is C23H11BrF4O4. The van der Waals surface area contributed by atoms with Gasteiger partial charge in [-0.15, -0.1) is 0 Å². The van der Waals surface area contributed by atoms with Gasteiger partial charge < -0.3 is 9.15 Å². The summed E-state index contributed by atoms with van der Waals surface area (Å²) in [4.78, 5) is 25.1. The Morgan fingerprint density at radius 2 is 1.69 bits per heavy atom. The van der Waals surface area contributed by atoms with Gasteiger partial charge in [-0.1, -0.05) is 34.1 Å². The first-order valence-electron chi connectivity index (χ1n) is 9.05. The smallest absolute Gasteiger partial charge is 0.450 e. The lowest BCUT2D eigenvalue weighted by molar-refractivity contribution is -0.152. The molecule has 0 amide bonds. The van der Waals surface area contributed by atoms with Gasteiger partial charge in [0.25, 0.3) is 0 Å². The van der Waals surface area contributed by atoms with E-state index in [1.54, 1.807) is 0 Å². The van der Waals surface area contributed by atoms with E-state index in [1.165, 1.54) is 48.5 Å². The molecule has 0 bridgehead atoms. The summed E-state index contributed by atoms with van der Waals surface area (Å²) >= 11 is 3.20. The van der Waals surface area contributed by atoms with Gasteiger partial charge in [-0.25, -0.2) is 9.18 Å². The molecule has 32 heavy (non-hydrogen) atoms. The van der Waals surface area contributed by atoms with E-state index in [9.17, 15) is 27.2 Å². The summed E-state index contributed by atoms with van der Waals surface area (Å²) < 4.78 is 65.3. The summed E-state index contributed by atoms with van der Waals surface area (Å²) in [6, 6.07) is 13.9. The van der Waals surface area contributed by atoms with Gasteiger partial charge >= 0.3 is 12.1 Å². The van der Waals surface area contributed by atoms with Crippen LogP contribution in [0.1, 0.15) is 16.1 Å². The number of fused-ring (bicyclic) bond motifs is 1. The van der Waals surface area contributed by atoms with Crippen LogP contribution in [0.2, 0.25) is 0 Å². The Hall–Kier alpha value is -3.46. The molecule has 0 aliphatic heterocycles. The zero-order valence-corrected chi connectivity index (χ0v) is 17.5. The molecule has 0 atom stereocenters. The van der Waals surface area contributed by atoms with Gasteiger partial charge in [-0.05, 0) is 48.0 Å². The predicted molar refractivity (Wildman–Crippen MR) is 112 cm³/mol. The average molecular weight is 507 g/mol. The Labute approximate surface area is 186 Å². The Kier molecular flexibility index (Phi) is 5.60. The number of esters is 1. The molecule has 0 fully saturated rings. The quantitative estimate of drug-likeness (QED) is 0.178. The average Bonchev–Trinajstić information content (AvgIpc) is 2.73. The van der Waals surface area contributed by atoms with E-state index in [4.69, 9.17) is 9.15 Å². The first-order chi connectivity index (χ1) is 15.1. The van der Waals surface area contributed by atoms with E-state index >= 15 is 0 Å². The molecule has 0 saturated carbocycles. The van der Waals surface area contributed by atoms with Crippen LogP contribution in [0, 0.1) is 5.82 Å². The van der Waals surface area contributed by atoms with Gasteiger partial charge in [-0.2, -0.15) is 13.2 Å². The van der Waals surface area contributed by atoms with Crippen LogP contribution < -0.4 is 10.2 Å². The second-order valence-electron chi connectivity index (χ2n) is 6.70. The summed E-state index contributed by atoms with van der Waals surface area (Å²) in [5.41, 5.74) is -1.97. The Bertz CT molecular complexity index is 1390. The lowest BCUT2D eigenvalue weighted by Crippen LogP contribution is -2.16. The summed E-state index contributed by atoms with van der Waals surface area (Å²) in [6.45, 7) is 0. The molecule has 0 aliphatic rings. The number of carbonyl (C=O) groups excluding carboxylic acids is 1. The third kappa shape index (κ3) is 4.29. The van der Waals surface area contributed by atoms with Gasteiger partial charge in [-0.3, -0.25) is 4.79 Å². The number of carbonyl (C=O) groups is 1. The number of alkyl halides is 3. The molecule has 0 N–H and O–H groups in total. The lowest BCUT2D eigenvalue weighted by Gasteiger charge is -2.13. The van der Waals surface area contributed by atoms with Crippen molar-refractivity contribution in [3.8, 4) is 16.9 Å². The highest BCUT2D eigenvalue weighted by molar-refractivity contribution is 9.10. The van der Waals surface area contributed by atoms with Crippen LogP contribution in [-0.2, 0) is 6.18 Å². The second kappa shape index (κ2) is 8.23. The molecule has 4 rings (SSSR count). The molecular weight excluding hydrogens is 496 g/mol. The third-order valence-electron chi connectivity index (χ3n) is 4.53. The normalized spacial score (nSPS) is 11.5. The van der Waals surface area contributed by atoms with Crippen molar-refractivity contribution in [2.24, 2.45) is 0 Å². The Morgan fingerprint density at radius 1 is 0.969 bits per heavy atom. The zero-order valence-electron chi connectivity index (χ0n) is 15.9. The minimum absolute atomic E-state index is 0.0396. The molecule has 3 aromatic carbocycles. The second-order valence-corrected chi connectivity index (χ2v) is 7.61. The number of ether oxygens (including phenoxy) is 1. The Balaban J connectivity index is 1.82. The fourth-order valence-corrected chi connectivity index (χ4v) is 3.36. The molecule has 9 heteroatoms. The maximum absolute atomic E-state index is 13.7. The van der Waals surface area contributed by atoms with E-state index in [2.05, 4.69) is 15.9 Å². The van der Waals surface area contributed by atoms with E-state index in [1.807, 2.05) is 0 Å². The number of benzene rings is 3. The van der Waals surface area contributed by atoms with Crippen LogP contribution in [0.4, 0.5) is 17.6 Å². The lowest BCUT2D eigenvalue weighted by atomic mass is 10.0. The SMILES string of the molecule is O=C(Oc1ccc2c(=O)c(-c3ccc(Br)cc3)c(C(F)(F)F)oc2c1)c1cccc(F)c1. The molecule has 0 saturated heterocycles. The molecule has 0 radical (unpaired) electrons. The van der Waals surface area contributed by atoms with Crippen LogP contribution in [-0.4, -0.2) is 5.97 Å². The number of halogens is 5. The topological polar surface area (TPSA) is 56.5 Å². The van der Waals surface area contributed by atoms with Crippen LogP contribution in [0.15, 0.2) is 80.4 Å². The fourth-order valence-electron chi connectivity index (χ4n) is 3.10. The van der Waals surface area contributed by atoms with Gasteiger partial charge in [0.15, 0.2) is 0 Å². The molecule has 4 nitrogen and oxygen atoms in total. The number of hydrogen-bond donors (Lipinski definition) is 0. The van der Waals surface area contributed by atoms with Crippen LogP contribution in [0.3, 0.4) is 0 Å². The summed E-state index contributed by atoms with van der Waals surface area (Å²) in [6.07, 6.45) is -4.95. The van der Waals surface area contributed by atoms with Gasteiger partial charge in [0.2, 0.25) is 11.2 Å². The summed E-state index contributed by atoms with van der Waals surface area (Å²) in [5.74, 6) is -3.21. The van der Waals surface area contributed by atoms with Crippen LogP contribution in [0.5, 0.6) is 5.75 Å². The fraction of sp³-hybridized carbons (Fsp3) is 0.0435. The first-order valence-corrected chi connectivity index (χ1v) is 9.84. The van der Waals surface area contributed by atoms with Gasteiger partial charge in [0.1, 0.15) is 17.1 Å². The highest BCUT2D eigenvalue weighted by Crippen LogP contribution is 2.38. The van der Waals surface area contributed by atoms with Gasteiger partial charge in [0, 0.05) is 10.5 Å². The van der Waals surface area contributed by atoms with E-state index < -0.39 is 40.3 Å². The molecule has 0 aliphatic carbocycles. The van der Waals surface area contributed by atoms with Crippen molar-refractivity contribution in [1.82, 2.24) is 0 Å². The molecule has 1 aromatic heterocycles. The largest absolute Gasteiger partial charge is 0.450 e. The standard InChI is InChI=1S/C23H11BrF4O4/c24-14-6-4-12(5-7-14)19-20(29)17-9-8-16(11-18(17)32-21(19)23(26,27)28)31-22(30)13-2-1-3-15(25)10-13/h1-11H. The van der Waals surface area contributed by atoms with Crippen LogP contribution >= 0.6 is 15.9 Å². The minimum Gasteiger partial charge on any atom is -0.450 e. The van der Waals surface area contributed by atoms with Crippen molar-refractivity contribution < 1.29 is 31.5 Å². The maximum Gasteiger partial charge on any atom is 0.450 e. The van der Waals surface area contributed by atoms with Crippen molar-refractivity contribution in [2.75, 3.05) is 0 Å². The first kappa shape index (κ1) is 21.8. The van der Waals surface area contributed by atoms with Crippen molar-refractivity contribution in [3.05, 3.63) is 98.6 Å². The molecule has 162 valence electrons. The monoisotopic (exact) mass is 506 g/mol. The molecule has 4 aromatic rings. The Morgan fingerprint density at radius 3 is 2.34 bits per heavy atom. The minimum atomic E-state index is -4.95. The van der Waals surface area contributed by atoms with Crippen molar-refractivity contribution in [2.45, 2.75) is 6.18 Å². The van der Waals surface area contributed by atoms with Crippen molar-refractivity contribution in [3.63, 3.8) is 0 Å². The van der Waals surface area contributed by atoms with Crippen LogP contribution in [0.25, 0.3) is 22.1 Å². The number of rotatable bonds is 3. The molecule has 0 unspecified atom stereocenters. The highest BCUT2D eigenvalue weighted by atomic mass is 79.9. The number of hydrogen-bond acceptors (Lipinski definition) is 4. The van der Waals surface area contributed by atoms with Gasteiger partial charge in [0.05, 0.1) is 16.5 Å². The summed E-state index contributed by atoms with van der Waals surface area (Å²) in [5, 5.41) is -0.124. The summed E-state index contributed by atoms with van der Waals surface area (Å²) in [7, 11) is 0. The molecule has 0 spiro atoms. The zero-order chi connectivity index (χ0) is 23.0.